The van der Waals surface area contributed by atoms with E-state index in [4.69, 9.17) is 9.15 Å². The summed E-state index contributed by atoms with van der Waals surface area (Å²) in [4.78, 5) is 21.2. The van der Waals surface area contributed by atoms with Gasteiger partial charge in [0.25, 0.3) is 6.01 Å². The lowest BCUT2D eigenvalue weighted by Crippen LogP contribution is -2.56. The fraction of sp³-hybridized carbons (Fsp3) is 0.500. The summed E-state index contributed by atoms with van der Waals surface area (Å²) in [5.41, 5.74) is 1.94. The number of amides is 1. The SMILES string of the molecule is Cn1ccc(-c2ccc(O)c3nc(N4CC5CCC(C4)N5C(=O)OC(C)(C)C)oc23)n1. The van der Waals surface area contributed by atoms with Crippen molar-refractivity contribution in [2.75, 3.05) is 18.0 Å². The molecule has 9 heteroatoms. The fourth-order valence-corrected chi connectivity index (χ4v) is 4.55. The number of hydrogen-bond acceptors (Lipinski definition) is 7. The molecule has 3 aromatic rings. The smallest absolute Gasteiger partial charge is 0.410 e. The van der Waals surface area contributed by atoms with Crippen LogP contribution in [0.2, 0.25) is 0 Å². The van der Waals surface area contributed by atoms with Crippen LogP contribution in [0.3, 0.4) is 0 Å². The van der Waals surface area contributed by atoms with Crippen LogP contribution in [-0.4, -0.2) is 61.6 Å². The van der Waals surface area contributed by atoms with Crippen LogP contribution in [-0.2, 0) is 11.8 Å². The minimum atomic E-state index is -0.520. The molecule has 9 nitrogen and oxygen atoms in total. The lowest BCUT2D eigenvalue weighted by Gasteiger charge is -2.40. The number of rotatable bonds is 2. The Bertz CT molecular complexity index is 1130. The average Bonchev–Trinajstić information content (AvgIpc) is 3.37. The van der Waals surface area contributed by atoms with Gasteiger partial charge in [-0.15, -0.1) is 0 Å². The van der Waals surface area contributed by atoms with Gasteiger partial charge in [-0.3, -0.25) is 9.58 Å². The molecular weight excluding hydrogens is 398 g/mol. The Kier molecular flexibility index (Phi) is 4.39. The lowest BCUT2D eigenvalue weighted by atomic mass is 10.1. The van der Waals surface area contributed by atoms with Crippen molar-refractivity contribution in [2.45, 2.75) is 51.3 Å². The molecule has 2 aromatic heterocycles. The third-order valence-corrected chi connectivity index (χ3v) is 5.86. The first kappa shape index (κ1) is 19.7. The Hall–Kier alpha value is -3.23. The monoisotopic (exact) mass is 425 g/mol. The van der Waals surface area contributed by atoms with E-state index < -0.39 is 5.60 Å². The number of piperazine rings is 1. The predicted octanol–water partition coefficient (Wildman–Crippen LogP) is 3.52. The van der Waals surface area contributed by atoms with E-state index in [0.29, 0.717) is 30.2 Å². The zero-order valence-electron chi connectivity index (χ0n) is 18.2. The number of fused-ring (bicyclic) bond motifs is 3. The molecule has 0 aliphatic carbocycles. The Balaban J connectivity index is 1.44. The number of carbonyl (C=O) groups excluding carboxylic acids is 1. The van der Waals surface area contributed by atoms with E-state index in [-0.39, 0.29) is 23.9 Å². The van der Waals surface area contributed by atoms with Gasteiger partial charge in [-0.25, -0.2) is 4.79 Å². The first-order valence-corrected chi connectivity index (χ1v) is 10.6. The van der Waals surface area contributed by atoms with Crippen molar-refractivity contribution in [1.82, 2.24) is 19.7 Å². The van der Waals surface area contributed by atoms with Gasteiger partial charge < -0.3 is 19.2 Å². The highest BCUT2D eigenvalue weighted by molar-refractivity contribution is 5.93. The third kappa shape index (κ3) is 3.47. The quantitative estimate of drug-likeness (QED) is 0.671. The Morgan fingerprint density at radius 3 is 2.52 bits per heavy atom. The molecule has 2 bridgehead atoms. The number of phenolic OH excluding ortho intramolecular Hbond substituents is 1. The number of carbonyl (C=O) groups is 1. The largest absolute Gasteiger partial charge is 0.506 e. The standard InChI is InChI=1S/C22H27N5O4/c1-22(2,3)31-21(29)27-13-5-6-14(27)12-26(11-13)20-23-18-17(28)8-7-15(19(18)30-20)16-9-10-25(4)24-16/h7-10,13-14,28H,5-6,11-12H2,1-4H3. The van der Waals surface area contributed by atoms with Crippen molar-refractivity contribution in [2.24, 2.45) is 7.05 Å². The first-order chi connectivity index (χ1) is 14.7. The number of nitrogens with zero attached hydrogens (tertiary/aromatic N) is 5. The third-order valence-electron chi connectivity index (χ3n) is 5.86. The van der Waals surface area contributed by atoms with Crippen LogP contribution in [0.5, 0.6) is 5.75 Å². The zero-order valence-corrected chi connectivity index (χ0v) is 18.2. The van der Waals surface area contributed by atoms with Gasteiger partial charge >= 0.3 is 6.09 Å². The maximum Gasteiger partial charge on any atom is 0.410 e. The van der Waals surface area contributed by atoms with Gasteiger partial charge in [0.15, 0.2) is 11.1 Å². The summed E-state index contributed by atoms with van der Waals surface area (Å²) in [6.45, 7) is 6.87. The molecule has 1 N–H and O–H groups in total. The molecule has 164 valence electrons. The van der Waals surface area contributed by atoms with Crippen molar-refractivity contribution < 1.29 is 19.1 Å². The van der Waals surface area contributed by atoms with E-state index in [2.05, 4.69) is 15.0 Å². The molecule has 0 radical (unpaired) electrons. The van der Waals surface area contributed by atoms with Gasteiger partial charge in [0.2, 0.25) is 0 Å². The van der Waals surface area contributed by atoms with Gasteiger partial charge in [-0.2, -0.15) is 10.1 Å². The minimum absolute atomic E-state index is 0.0486. The van der Waals surface area contributed by atoms with E-state index in [9.17, 15) is 9.90 Å². The van der Waals surface area contributed by atoms with E-state index in [0.717, 1.165) is 24.1 Å². The zero-order chi connectivity index (χ0) is 21.9. The molecule has 2 saturated heterocycles. The topological polar surface area (TPSA) is 96.9 Å². The second-order valence-electron chi connectivity index (χ2n) is 9.36. The molecule has 2 aliphatic rings. The van der Waals surface area contributed by atoms with E-state index in [1.165, 1.54) is 0 Å². The summed E-state index contributed by atoms with van der Waals surface area (Å²) >= 11 is 0. The molecule has 4 heterocycles. The van der Waals surface area contributed by atoms with Gasteiger partial charge in [-0.05, 0) is 51.8 Å². The molecule has 2 aliphatic heterocycles. The predicted molar refractivity (Wildman–Crippen MR) is 115 cm³/mol. The second kappa shape index (κ2) is 6.90. The van der Waals surface area contributed by atoms with Gasteiger partial charge in [0, 0.05) is 31.9 Å². The van der Waals surface area contributed by atoms with Crippen molar-refractivity contribution in [1.29, 1.82) is 0 Å². The van der Waals surface area contributed by atoms with Crippen molar-refractivity contribution in [3.05, 3.63) is 24.4 Å². The molecule has 31 heavy (non-hydrogen) atoms. The van der Waals surface area contributed by atoms with Gasteiger partial charge in [0.1, 0.15) is 11.4 Å². The number of benzene rings is 1. The van der Waals surface area contributed by atoms with Gasteiger partial charge in [-0.1, -0.05) is 0 Å². The average molecular weight is 425 g/mol. The summed E-state index contributed by atoms with van der Waals surface area (Å²) in [5.74, 6) is 0.0695. The molecule has 5 rings (SSSR count). The highest BCUT2D eigenvalue weighted by Crippen LogP contribution is 2.38. The molecule has 0 spiro atoms. The van der Waals surface area contributed by atoms with Crippen molar-refractivity contribution >= 4 is 23.2 Å². The first-order valence-electron chi connectivity index (χ1n) is 10.6. The van der Waals surface area contributed by atoms with Crippen LogP contribution in [0.25, 0.3) is 22.4 Å². The van der Waals surface area contributed by atoms with Crippen LogP contribution < -0.4 is 4.90 Å². The number of aromatic nitrogens is 3. The number of anilines is 1. The normalized spacial score (nSPS) is 21.2. The molecule has 1 aromatic carbocycles. The van der Waals surface area contributed by atoms with Crippen LogP contribution in [0.15, 0.2) is 28.8 Å². The molecular formula is C22H27N5O4. The van der Waals surface area contributed by atoms with Crippen LogP contribution >= 0.6 is 0 Å². The minimum Gasteiger partial charge on any atom is -0.506 e. The highest BCUT2D eigenvalue weighted by Gasteiger charge is 2.45. The summed E-state index contributed by atoms with van der Waals surface area (Å²) in [5, 5.41) is 14.8. The Morgan fingerprint density at radius 2 is 1.90 bits per heavy atom. The van der Waals surface area contributed by atoms with Crippen LogP contribution in [0.4, 0.5) is 10.8 Å². The second-order valence-corrected chi connectivity index (χ2v) is 9.36. The number of ether oxygens (including phenoxy) is 1. The van der Waals surface area contributed by atoms with E-state index in [1.807, 2.05) is 45.0 Å². The number of phenols is 1. The summed E-state index contributed by atoms with van der Waals surface area (Å²) < 4.78 is 13.5. The summed E-state index contributed by atoms with van der Waals surface area (Å²) in [6.07, 6.45) is 3.45. The molecule has 1 amide bonds. The summed E-state index contributed by atoms with van der Waals surface area (Å²) in [6, 6.07) is 5.85. The molecule has 2 atom stereocenters. The number of oxazole rings is 1. The van der Waals surface area contributed by atoms with Gasteiger partial charge in [0.05, 0.1) is 17.8 Å². The fourth-order valence-electron chi connectivity index (χ4n) is 4.55. The maximum absolute atomic E-state index is 12.7. The van der Waals surface area contributed by atoms with Crippen molar-refractivity contribution in [3.63, 3.8) is 0 Å². The number of aromatic hydroxyl groups is 1. The molecule has 0 saturated carbocycles. The highest BCUT2D eigenvalue weighted by atomic mass is 16.6. The number of hydrogen-bond donors (Lipinski definition) is 1. The summed E-state index contributed by atoms with van der Waals surface area (Å²) in [7, 11) is 1.85. The Morgan fingerprint density at radius 1 is 1.19 bits per heavy atom. The molecule has 2 unspecified atom stereocenters. The van der Waals surface area contributed by atoms with E-state index >= 15 is 0 Å². The lowest BCUT2D eigenvalue weighted by molar-refractivity contribution is 0.0120. The van der Waals surface area contributed by atoms with E-state index in [1.54, 1.807) is 16.8 Å². The van der Waals surface area contributed by atoms with Crippen LogP contribution in [0.1, 0.15) is 33.6 Å². The Labute approximate surface area is 180 Å². The molecule has 2 fully saturated rings. The van der Waals surface area contributed by atoms with Crippen LogP contribution in [0, 0.1) is 0 Å². The van der Waals surface area contributed by atoms with Crippen molar-refractivity contribution in [3.8, 4) is 17.0 Å². The number of aryl methyl sites for hydroxylation is 1. The maximum atomic E-state index is 12.7.